The van der Waals surface area contributed by atoms with Crippen LogP contribution in [0.2, 0.25) is 0 Å². The van der Waals surface area contributed by atoms with Gasteiger partial charge in [-0.2, -0.15) is 0 Å². The number of benzene rings is 1. The molecule has 2 amide bonds. The van der Waals surface area contributed by atoms with Crippen molar-refractivity contribution in [2.45, 2.75) is 140 Å². The highest BCUT2D eigenvalue weighted by atomic mass is 32.2. The molecule has 290 valence electrons. The molecule has 14 heteroatoms. The second-order valence-corrected chi connectivity index (χ2v) is 19.4. The largest absolute Gasteiger partial charge is 0.443 e. The Morgan fingerprint density at radius 1 is 0.923 bits per heavy atom. The van der Waals surface area contributed by atoms with Crippen molar-refractivity contribution in [3.05, 3.63) is 54.1 Å². The van der Waals surface area contributed by atoms with Crippen molar-refractivity contribution in [3.63, 3.8) is 0 Å². The lowest BCUT2D eigenvalue weighted by Gasteiger charge is -2.34. The van der Waals surface area contributed by atoms with Crippen LogP contribution in [0, 0.1) is 17.8 Å². The Balaban J connectivity index is 1.63. The Hall–Kier alpha value is -3.33. The summed E-state index contributed by atoms with van der Waals surface area (Å²) in [6.45, 7) is 9.91. The first kappa shape index (κ1) is 41.4. The molecule has 1 aromatic carbocycles. The Kier molecular flexibility index (Phi) is 13.7. The van der Waals surface area contributed by atoms with E-state index in [1.54, 1.807) is 65.8 Å². The summed E-state index contributed by atoms with van der Waals surface area (Å²) in [6, 6.07) is 6.89. The van der Waals surface area contributed by atoms with Gasteiger partial charge in [-0.1, -0.05) is 30.3 Å². The van der Waals surface area contributed by atoms with Crippen molar-refractivity contribution in [1.29, 1.82) is 0 Å². The molecule has 2 aliphatic carbocycles. The SMILES string of the molecule is CC(C)(C)OC(=O)n1cnc(C[C@H](NC(=O)[C@H](Cc2ccccc2)CS(=O)(=O)C(C)(C)C)C(=O)N[C@@H](CC2CCC(O)CC2)[C@@H](O)[C@@H](O)C2CC2)c1. The smallest absolute Gasteiger partial charge is 0.419 e. The normalized spacial score (nSPS) is 21.3. The van der Waals surface area contributed by atoms with Crippen LogP contribution in [-0.4, -0.2) is 97.7 Å². The van der Waals surface area contributed by atoms with Gasteiger partial charge in [0.05, 0.1) is 40.4 Å². The number of carbonyl (C=O) groups excluding carboxylic acids is 3. The molecule has 0 spiro atoms. The summed E-state index contributed by atoms with van der Waals surface area (Å²) in [5, 5.41) is 38.0. The van der Waals surface area contributed by atoms with Gasteiger partial charge in [0.15, 0.2) is 9.84 Å². The topological polar surface area (TPSA) is 197 Å². The summed E-state index contributed by atoms with van der Waals surface area (Å²) in [5.74, 6) is -2.79. The highest BCUT2D eigenvalue weighted by Crippen LogP contribution is 2.36. The summed E-state index contributed by atoms with van der Waals surface area (Å²) in [5.41, 5.74) is 0.263. The minimum Gasteiger partial charge on any atom is -0.443 e. The molecule has 52 heavy (non-hydrogen) atoms. The van der Waals surface area contributed by atoms with Gasteiger partial charge in [-0.3, -0.25) is 9.59 Å². The van der Waals surface area contributed by atoms with Crippen LogP contribution in [0.1, 0.15) is 97.7 Å². The second kappa shape index (κ2) is 17.2. The number of aliphatic hydroxyl groups is 3. The van der Waals surface area contributed by atoms with E-state index in [-0.39, 0.29) is 30.4 Å². The van der Waals surface area contributed by atoms with Crippen LogP contribution in [0.3, 0.4) is 0 Å². The Labute approximate surface area is 307 Å². The van der Waals surface area contributed by atoms with Crippen molar-refractivity contribution in [1.82, 2.24) is 20.2 Å². The van der Waals surface area contributed by atoms with E-state index in [9.17, 15) is 38.1 Å². The van der Waals surface area contributed by atoms with E-state index >= 15 is 0 Å². The minimum atomic E-state index is -3.77. The van der Waals surface area contributed by atoms with E-state index in [4.69, 9.17) is 4.74 Å². The Morgan fingerprint density at radius 3 is 2.13 bits per heavy atom. The van der Waals surface area contributed by atoms with E-state index in [0.29, 0.717) is 32.1 Å². The first-order valence-electron chi connectivity index (χ1n) is 18.4. The van der Waals surface area contributed by atoms with Gasteiger partial charge >= 0.3 is 6.09 Å². The molecule has 5 N–H and O–H groups in total. The van der Waals surface area contributed by atoms with Gasteiger partial charge in [0.25, 0.3) is 0 Å². The average molecular weight is 747 g/mol. The monoisotopic (exact) mass is 746 g/mol. The zero-order valence-electron chi connectivity index (χ0n) is 31.3. The van der Waals surface area contributed by atoms with E-state index in [0.717, 1.165) is 23.0 Å². The summed E-state index contributed by atoms with van der Waals surface area (Å²) in [6.07, 6.45) is 3.72. The maximum absolute atomic E-state index is 14.3. The van der Waals surface area contributed by atoms with Gasteiger partial charge in [0.2, 0.25) is 11.8 Å². The van der Waals surface area contributed by atoms with Gasteiger partial charge in [-0.15, -0.1) is 0 Å². The number of amides is 2. The van der Waals surface area contributed by atoms with Crippen molar-refractivity contribution < 1.29 is 42.9 Å². The zero-order chi connectivity index (χ0) is 38.4. The minimum absolute atomic E-state index is 0.0709. The molecule has 0 saturated heterocycles. The number of hydrogen-bond acceptors (Lipinski definition) is 10. The summed E-state index contributed by atoms with van der Waals surface area (Å²) >= 11 is 0. The third-order valence-corrected chi connectivity index (χ3v) is 12.6. The third-order valence-electron chi connectivity index (χ3n) is 9.93. The number of nitrogens with one attached hydrogen (secondary N) is 2. The fraction of sp³-hybridized carbons (Fsp3) is 0.684. The summed E-state index contributed by atoms with van der Waals surface area (Å²) in [7, 11) is -3.77. The third kappa shape index (κ3) is 12.1. The highest BCUT2D eigenvalue weighted by molar-refractivity contribution is 7.92. The molecule has 2 saturated carbocycles. The van der Waals surface area contributed by atoms with Crippen LogP contribution >= 0.6 is 0 Å². The Morgan fingerprint density at radius 2 is 1.56 bits per heavy atom. The van der Waals surface area contributed by atoms with E-state index in [1.165, 1.54) is 12.5 Å². The van der Waals surface area contributed by atoms with Gasteiger partial charge in [-0.25, -0.2) is 22.8 Å². The number of hydrogen-bond donors (Lipinski definition) is 5. The summed E-state index contributed by atoms with van der Waals surface area (Å²) < 4.78 is 32.2. The van der Waals surface area contributed by atoms with Crippen molar-refractivity contribution >= 4 is 27.7 Å². The maximum atomic E-state index is 14.3. The second-order valence-electron chi connectivity index (χ2n) is 16.6. The lowest BCUT2D eigenvalue weighted by molar-refractivity contribution is -0.132. The number of aliphatic hydroxyl groups excluding tert-OH is 3. The predicted octanol–water partition coefficient (Wildman–Crippen LogP) is 3.32. The number of sulfone groups is 1. The summed E-state index contributed by atoms with van der Waals surface area (Å²) in [4.78, 5) is 45.4. The van der Waals surface area contributed by atoms with E-state index in [1.807, 2.05) is 6.07 Å². The molecule has 2 aromatic rings. The molecule has 0 aliphatic heterocycles. The van der Waals surface area contributed by atoms with Crippen LogP contribution in [0.4, 0.5) is 4.79 Å². The zero-order valence-corrected chi connectivity index (χ0v) is 32.1. The number of imidazole rings is 1. The van der Waals surface area contributed by atoms with Gasteiger partial charge in [0.1, 0.15) is 24.1 Å². The Bertz CT molecular complexity index is 1600. The molecule has 1 aromatic heterocycles. The quantitative estimate of drug-likeness (QED) is 0.180. The molecular weight excluding hydrogens is 689 g/mol. The first-order valence-corrected chi connectivity index (χ1v) is 20.0. The van der Waals surface area contributed by atoms with Crippen molar-refractivity contribution in [2.24, 2.45) is 17.8 Å². The van der Waals surface area contributed by atoms with Crippen LogP contribution < -0.4 is 10.6 Å². The van der Waals surface area contributed by atoms with Crippen LogP contribution in [0.25, 0.3) is 0 Å². The lowest BCUT2D eigenvalue weighted by atomic mass is 9.81. The van der Waals surface area contributed by atoms with Crippen LogP contribution in [-0.2, 0) is 37.0 Å². The molecule has 2 aliphatic rings. The van der Waals surface area contributed by atoms with E-state index in [2.05, 4.69) is 15.6 Å². The molecule has 13 nitrogen and oxygen atoms in total. The molecule has 2 fully saturated rings. The van der Waals surface area contributed by atoms with Gasteiger partial charge in [0, 0.05) is 12.6 Å². The average Bonchev–Trinajstić information content (AvgIpc) is 3.80. The molecular formula is C38H58N4O9S. The molecule has 4 rings (SSSR count). The molecule has 0 unspecified atom stereocenters. The maximum Gasteiger partial charge on any atom is 0.419 e. The molecule has 0 radical (unpaired) electrons. The van der Waals surface area contributed by atoms with Crippen LogP contribution in [0.15, 0.2) is 42.9 Å². The predicted molar refractivity (Wildman–Crippen MR) is 196 cm³/mol. The van der Waals surface area contributed by atoms with E-state index < -0.39 is 80.2 Å². The number of carbonyl (C=O) groups is 3. The molecule has 5 atom stereocenters. The van der Waals surface area contributed by atoms with Crippen molar-refractivity contribution in [2.75, 3.05) is 5.75 Å². The standard InChI is InChI=1S/C38H58N4O9S/c1-37(2,3)51-36(48)42-21-28(39-23-42)20-31(41-34(46)27(18-24-10-8-7-9-11-24)22-52(49,50)38(4,5)6)35(47)40-30(33(45)32(44)26-14-15-26)19-25-12-16-29(43)17-13-25/h7-11,21,23,25-27,29-33,43-45H,12-20,22H2,1-6H3,(H,40,47)(H,41,46)/t25?,27-,29?,30+,31+,32+,33-/m1/s1. The fourth-order valence-corrected chi connectivity index (χ4v) is 7.79. The van der Waals surface area contributed by atoms with Gasteiger partial charge < -0.3 is 30.7 Å². The number of rotatable bonds is 15. The number of nitrogens with zero attached hydrogens (tertiary/aromatic N) is 2. The number of aromatic nitrogens is 2. The van der Waals surface area contributed by atoms with Crippen LogP contribution in [0.5, 0.6) is 0 Å². The molecule has 1 heterocycles. The first-order chi connectivity index (χ1) is 24.2. The van der Waals surface area contributed by atoms with Gasteiger partial charge in [-0.05, 0) is 110 Å². The molecule has 0 bridgehead atoms. The van der Waals surface area contributed by atoms with Crippen molar-refractivity contribution in [3.8, 4) is 0 Å². The fourth-order valence-electron chi connectivity index (χ4n) is 6.49. The highest BCUT2D eigenvalue weighted by Gasteiger charge is 2.41. The lowest BCUT2D eigenvalue weighted by Crippen LogP contribution is -2.57. The number of ether oxygens (including phenoxy) is 1.